The Morgan fingerprint density at radius 3 is 1.98 bits per heavy atom. The molecule has 0 spiro atoms. The largest absolute Gasteiger partial charge is 0.393 e. The van der Waals surface area contributed by atoms with Gasteiger partial charge < -0.3 is 30.9 Å². The van der Waals surface area contributed by atoms with Crippen molar-refractivity contribution < 1.29 is 14.7 Å². The molecule has 8 heteroatoms. The van der Waals surface area contributed by atoms with E-state index in [1.165, 1.54) is 0 Å². The lowest BCUT2D eigenvalue weighted by Gasteiger charge is -2.31. The van der Waals surface area contributed by atoms with Gasteiger partial charge in [0.15, 0.2) is 0 Å². The first-order valence-electron chi connectivity index (χ1n) is 14.4. The first-order chi connectivity index (χ1) is 19.8. The molecular formula is C33H39N5O3. The third-order valence-corrected chi connectivity index (χ3v) is 7.64. The van der Waals surface area contributed by atoms with E-state index in [9.17, 15) is 14.7 Å². The third-order valence-electron chi connectivity index (χ3n) is 7.64. The Morgan fingerprint density at radius 2 is 1.39 bits per heavy atom. The first kappa shape index (κ1) is 28.2. The molecule has 214 valence electrons. The van der Waals surface area contributed by atoms with Gasteiger partial charge in [0.05, 0.1) is 12.5 Å². The van der Waals surface area contributed by atoms with Crippen molar-refractivity contribution in [2.24, 2.45) is 0 Å². The molecule has 8 nitrogen and oxygen atoms in total. The number of hydrogen-bond donors (Lipinski definition) is 4. The fourth-order valence-electron chi connectivity index (χ4n) is 5.32. The van der Waals surface area contributed by atoms with Crippen LogP contribution in [0.25, 0.3) is 0 Å². The van der Waals surface area contributed by atoms with Gasteiger partial charge in [0.2, 0.25) is 11.8 Å². The summed E-state index contributed by atoms with van der Waals surface area (Å²) in [5.74, 6) is -0.0693. The van der Waals surface area contributed by atoms with Crippen molar-refractivity contribution in [3.8, 4) is 0 Å². The highest BCUT2D eigenvalue weighted by atomic mass is 16.3. The Hall–Kier alpha value is -4.30. The van der Waals surface area contributed by atoms with E-state index in [2.05, 4.69) is 51.7 Å². The van der Waals surface area contributed by atoms with E-state index in [0.717, 1.165) is 66.4 Å². The molecule has 2 aliphatic rings. The van der Waals surface area contributed by atoms with Crippen molar-refractivity contribution in [3.05, 3.63) is 90.6 Å². The molecule has 4 N–H and O–H groups in total. The van der Waals surface area contributed by atoms with E-state index in [-0.39, 0.29) is 30.0 Å². The molecule has 2 amide bonds. The molecular weight excluding hydrogens is 514 g/mol. The Balaban J connectivity index is 1.08. The molecule has 1 fully saturated rings. The maximum absolute atomic E-state index is 12.8. The minimum Gasteiger partial charge on any atom is -0.393 e. The van der Waals surface area contributed by atoms with Crippen LogP contribution in [0.4, 0.5) is 28.4 Å². The van der Waals surface area contributed by atoms with E-state index in [1.54, 1.807) is 0 Å². The van der Waals surface area contributed by atoms with E-state index < -0.39 is 0 Å². The van der Waals surface area contributed by atoms with Gasteiger partial charge in [0, 0.05) is 47.6 Å². The molecule has 0 saturated carbocycles. The molecule has 0 aliphatic carbocycles. The fourth-order valence-corrected chi connectivity index (χ4v) is 5.32. The Morgan fingerprint density at radius 1 is 0.829 bits per heavy atom. The van der Waals surface area contributed by atoms with Crippen molar-refractivity contribution in [3.63, 3.8) is 0 Å². The molecule has 5 rings (SSSR count). The number of rotatable bonds is 9. The second-order valence-electron chi connectivity index (χ2n) is 11.1. The van der Waals surface area contributed by atoms with Gasteiger partial charge in [-0.05, 0) is 106 Å². The number of anilines is 5. The summed E-state index contributed by atoms with van der Waals surface area (Å²) in [6.45, 7) is 5.87. The molecule has 0 bridgehead atoms. The first-order valence-corrected chi connectivity index (χ1v) is 14.4. The SMILES string of the molecule is CC(C)N1C=CCC1C(=O)Nc1ccc(Nc2ccc(NC(=O)Cc3ccc(N4CCC(O)CC4)cc3)cc2)cc1. The van der Waals surface area contributed by atoms with E-state index in [1.807, 2.05) is 72.9 Å². The summed E-state index contributed by atoms with van der Waals surface area (Å²) in [6, 6.07) is 23.4. The number of aliphatic hydroxyl groups excluding tert-OH is 1. The van der Waals surface area contributed by atoms with Crippen molar-refractivity contribution in [2.75, 3.05) is 33.9 Å². The van der Waals surface area contributed by atoms with Crippen molar-refractivity contribution in [2.45, 2.75) is 57.7 Å². The summed E-state index contributed by atoms with van der Waals surface area (Å²) < 4.78 is 0. The lowest BCUT2D eigenvalue weighted by atomic mass is 10.1. The monoisotopic (exact) mass is 553 g/mol. The van der Waals surface area contributed by atoms with Crippen molar-refractivity contribution in [1.29, 1.82) is 0 Å². The average Bonchev–Trinajstić information content (AvgIpc) is 3.47. The number of carbonyl (C=O) groups is 2. The van der Waals surface area contributed by atoms with Crippen LogP contribution in [0.2, 0.25) is 0 Å². The highest BCUT2D eigenvalue weighted by Crippen LogP contribution is 2.24. The normalized spacial score (nSPS) is 17.1. The fraction of sp³-hybridized carbons (Fsp3) is 0.333. The van der Waals surface area contributed by atoms with Gasteiger partial charge >= 0.3 is 0 Å². The minimum absolute atomic E-state index is 0.00182. The molecule has 3 aromatic rings. The maximum atomic E-state index is 12.8. The molecule has 2 aliphatic heterocycles. The van der Waals surface area contributed by atoms with Gasteiger partial charge in [0.25, 0.3) is 0 Å². The smallest absolute Gasteiger partial charge is 0.247 e. The van der Waals surface area contributed by atoms with Crippen LogP contribution in [0.3, 0.4) is 0 Å². The zero-order chi connectivity index (χ0) is 28.8. The number of nitrogens with zero attached hydrogens (tertiary/aromatic N) is 2. The number of carbonyl (C=O) groups excluding carboxylic acids is 2. The maximum Gasteiger partial charge on any atom is 0.247 e. The summed E-state index contributed by atoms with van der Waals surface area (Å²) >= 11 is 0. The summed E-state index contributed by atoms with van der Waals surface area (Å²) in [7, 11) is 0. The number of benzene rings is 3. The molecule has 0 aromatic heterocycles. The number of aliphatic hydroxyl groups is 1. The van der Waals surface area contributed by atoms with Crippen molar-refractivity contribution >= 4 is 40.3 Å². The second kappa shape index (κ2) is 12.9. The zero-order valence-electron chi connectivity index (χ0n) is 23.7. The lowest BCUT2D eigenvalue weighted by molar-refractivity contribution is -0.120. The molecule has 0 radical (unpaired) electrons. The minimum atomic E-state index is -0.192. The second-order valence-corrected chi connectivity index (χ2v) is 11.1. The lowest BCUT2D eigenvalue weighted by Crippen LogP contribution is -2.41. The van der Waals surface area contributed by atoms with Crippen LogP contribution >= 0.6 is 0 Å². The van der Waals surface area contributed by atoms with Gasteiger partial charge in [-0.3, -0.25) is 9.59 Å². The third kappa shape index (κ3) is 7.46. The van der Waals surface area contributed by atoms with Crippen LogP contribution in [-0.2, 0) is 16.0 Å². The summed E-state index contributed by atoms with van der Waals surface area (Å²) in [4.78, 5) is 29.7. The van der Waals surface area contributed by atoms with Crippen LogP contribution in [0.5, 0.6) is 0 Å². The van der Waals surface area contributed by atoms with Gasteiger partial charge in [0.1, 0.15) is 6.04 Å². The van der Waals surface area contributed by atoms with Crippen molar-refractivity contribution in [1.82, 2.24) is 4.90 Å². The predicted molar refractivity (Wildman–Crippen MR) is 166 cm³/mol. The van der Waals surface area contributed by atoms with Crippen LogP contribution in [-0.4, -0.2) is 53.1 Å². The van der Waals surface area contributed by atoms with Crippen LogP contribution < -0.4 is 20.9 Å². The number of nitrogens with one attached hydrogen (secondary N) is 3. The molecule has 1 saturated heterocycles. The predicted octanol–water partition coefficient (Wildman–Crippen LogP) is 5.51. The Labute approximate surface area is 242 Å². The Kier molecular flexibility index (Phi) is 8.89. The highest BCUT2D eigenvalue weighted by molar-refractivity contribution is 5.95. The topological polar surface area (TPSA) is 96.9 Å². The van der Waals surface area contributed by atoms with E-state index in [4.69, 9.17) is 0 Å². The van der Waals surface area contributed by atoms with Crippen LogP contribution in [0.15, 0.2) is 85.1 Å². The van der Waals surface area contributed by atoms with E-state index in [0.29, 0.717) is 6.42 Å². The number of hydrogen-bond acceptors (Lipinski definition) is 6. The average molecular weight is 554 g/mol. The standard InChI is InChI=1S/C33H39N5O3/c1-23(2)38-19-3-4-31(38)33(41)36-28-13-9-26(10-14-28)34-25-7-11-27(12-8-25)35-32(40)22-24-5-15-29(16-6-24)37-20-17-30(39)18-21-37/h3,5-16,19,23,30-31,34,39H,4,17-18,20-22H2,1-2H3,(H,35,40)(H,36,41). The van der Waals surface area contributed by atoms with Gasteiger partial charge in [-0.15, -0.1) is 0 Å². The number of piperidine rings is 1. The van der Waals surface area contributed by atoms with Gasteiger partial charge in [-0.1, -0.05) is 18.2 Å². The molecule has 1 unspecified atom stereocenters. The molecule has 41 heavy (non-hydrogen) atoms. The highest BCUT2D eigenvalue weighted by Gasteiger charge is 2.28. The van der Waals surface area contributed by atoms with Crippen LogP contribution in [0.1, 0.15) is 38.7 Å². The summed E-state index contributed by atoms with van der Waals surface area (Å²) in [6.07, 6.45) is 6.45. The summed E-state index contributed by atoms with van der Waals surface area (Å²) in [5, 5.41) is 19.1. The summed E-state index contributed by atoms with van der Waals surface area (Å²) in [5.41, 5.74) is 5.37. The molecule has 3 aromatic carbocycles. The van der Waals surface area contributed by atoms with Gasteiger partial charge in [-0.25, -0.2) is 0 Å². The van der Waals surface area contributed by atoms with E-state index >= 15 is 0 Å². The van der Waals surface area contributed by atoms with Crippen LogP contribution in [0, 0.1) is 0 Å². The molecule has 2 heterocycles. The number of amides is 2. The molecule has 1 atom stereocenters. The quantitative estimate of drug-likeness (QED) is 0.279. The Bertz CT molecular complexity index is 1350. The van der Waals surface area contributed by atoms with Gasteiger partial charge in [-0.2, -0.15) is 0 Å². The zero-order valence-corrected chi connectivity index (χ0v) is 23.7.